The number of nitrogens with one attached hydrogen (secondary N) is 1. The van der Waals surface area contributed by atoms with Crippen molar-refractivity contribution in [3.05, 3.63) is 17.9 Å². The number of rotatable bonds is 4. The van der Waals surface area contributed by atoms with E-state index in [0.29, 0.717) is 0 Å². The van der Waals surface area contributed by atoms with Gasteiger partial charge in [0.15, 0.2) is 0 Å². The molecule has 0 unspecified atom stereocenters. The fourth-order valence-electron chi connectivity index (χ4n) is 2.18. The summed E-state index contributed by atoms with van der Waals surface area (Å²) in [5.41, 5.74) is 0. The van der Waals surface area contributed by atoms with Crippen LogP contribution in [0.2, 0.25) is 0 Å². The minimum absolute atomic E-state index is 0. The van der Waals surface area contributed by atoms with E-state index in [9.17, 15) is 13.2 Å². The standard InChI is InChI=1S/C12H18N2O5S.ClH/c1-14(9-5-7-13-8-6-9)20(16,17)11-4-3-10(19-11)12(15)18-2;/h3-4,9,13H,5-8H2,1-2H3;1H. The van der Waals surface area contributed by atoms with E-state index in [1.54, 1.807) is 0 Å². The number of hydrogen-bond acceptors (Lipinski definition) is 6. The van der Waals surface area contributed by atoms with E-state index in [-0.39, 0.29) is 29.3 Å². The van der Waals surface area contributed by atoms with Crippen LogP contribution >= 0.6 is 12.4 Å². The van der Waals surface area contributed by atoms with E-state index >= 15 is 0 Å². The van der Waals surface area contributed by atoms with Crippen LogP contribution in [0.5, 0.6) is 0 Å². The van der Waals surface area contributed by atoms with Crippen LogP contribution in [0.25, 0.3) is 0 Å². The van der Waals surface area contributed by atoms with E-state index in [1.165, 1.54) is 30.6 Å². The zero-order valence-electron chi connectivity index (χ0n) is 11.9. The SMILES string of the molecule is COC(=O)c1ccc(S(=O)(=O)N(C)C2CCNCC2)o1.Cl. The molecule has 0 spiro atoms. The van der Waals surface area contributed by atoms with Gasteiger partial charge in [-0.25, -0.2) is 13.2 Å². The molecule has 21 heavy (non-hydrogen) atoms. The average Bonchev–Trinajstić information content (AvgIpc) is 2.97. The minimum atomic E-state index is -3.73. The first kappa shape index (κ1) is 18.0. The molecule has 0 bridgehead atoms. The minimum Gasteiger partial charge on any atom is -0.463 e. The Kier molecular flexibility index (Phi) is 6.21. The van der Waals surface area contributed by atoms with Crippen molar-refractivity contribution in [3.8, 4) is 0 Å². The number of sulfonamides is 1. The maximum Gasteiger partial charge on any atom is 0.374 e. The molecule has 1 N–H and O–H groups in total. The van der Waals surface area contributed by atoms with Crippen LogP contribution in [0.15, 0.2) is 21.6 Å². The lowest BCUT2D eigenvalue weighted by molar-refractivity contribution is 0.0558. The lowest BCUT2D eigenvalue weighted by Gasteiger charge is -2.30. The smallest absolute Gasteiger partial charge is 0.374 e. The van der Waals surface area contributed by atoms with Crippen LogP contribution in [0.1, 0.15) is 23.4 Å². The molecule has 0 radical (unpaired) electrons. The van der Waals surface area contributed by atoms with E-state index < -0.39 is 16.0 Å². The fourth-order valence-corrected chi connectivity index (χ4v) is 3.50. The summed E-state index contributed by atoms with van der Waals surface area (Å²) in [5.74, 6) is -0.819. The molecule has 1 saturated heterocycles. The molecular formula is C12H19ClN2O5S. The lowest BCUT2D eigenvalue weighted by Crippen LogP contribution is -2.43. The molecule has 9 heteroatoms. The molecule has 0 saturated carbocycles. The lowest BCUT2D eigenvalue weighted by atomic mass is 10.1. The number of ether oxygens (including phenoxy) is 1. The second-order valence-corrected chi connectivity index (χ2v) is 6.54. The molecule has 0 atom stereocenters. The van der Waals surface area contributed by atoms with E-state index in [0.717, 1.165) is 25.9 Å². The van der Waals surface area contributed by atoms with Gasteiger partial charge in [-0.05, 0) is 38.1 Å². The Morgan fingerprint density at radius 3 is 2.57 bits per heavy atom. The van der Waals surface area contributed by atoms with Crippen molar-refractivity contribution < 1.29 is 22.4 Å². The van der Waals surface area contributed by atoms with Crippen molar-refractivity contribution in [3.63, 3.8) is 0 Å². The largest absolute Gasteiger partial charge is 0.463 e. The number of methoxy groups -OCH3 is 1. The predicted octanol–water partition coefficient (Wildman–Crippen LogP) is 0.860. The number of hydrogen-bond donors (Lipinski definition) is 1. The molecule has 1 aliphatic rings. The molecule has 120 valence electrons. The van der Waals surface area contributed by atoms with E-state index in [1.807, 2.05) is 0 Å². The van der Waals surface area contributed by atoms with Gasteiger partial charge in [-0.15, -0.1) is 12.4 Å². The summed E-state index contributed by atoms with van der Waals surface area (Å²) in [7, 11) is -0.987. The molecule has 7 nitrogen and oxygen atoms in total. The fraction of sp³-hybridized carbons (Fsp3) is 0.583. The van der Waals surface area contributed by atoms with Gasteiger partial charge in [0.1, 0.15) is 0 Å². The molecule has 1 aromatic heterocycles. The second kappa shape index (κ2) is 7.26. The zero-order chi connectivity index (χ0) is 14.8. The molecular weight excluding hydrogens is 320 g/mol. The number of esters is 1. The zero-order valence-corrected chi connectivity index (χ0v) is 13.5. The Labute approximate surface area is 130 Å². The third-order valence-electron chi connectivity index (χ3n) is 3.42. The monoisotopic (exact) mass is 338 g/mol. The summed E-state index contributed by atoms with van der Waals surface area (Å²) in [4.78, 5) is 11.3. The highest BCUT2D eigenvalue weighted by Crippen LogP contribution is 2.22. The van der Waals surface area contributed by atoms with Gasteiger partial charge in [-0.1, -0.05) is 0 Å². The van der Waals surface area contributed by atoms with Crippen LogP contribution in [-0.2, 0) is 14.8 Å². The third kappa shape index (κ3) is 3.76. The van der Waals surface area contributed by atoms with Crippen LogP contribution in [0.3, 0.4) is 0 Å². The summed E-state index contributed by atoms with van der Waals surface area (Å²) < 4.78 is 35.7. The number of carbonyl (C=O) groups excluding carboxylic acids is 1. The first-order chi connectivity index (χ1) is 9.46. The average molecular weight is 339 g/mol. The van der Waals surface area contributed by atoms with Gasteiger partial charge in [0, 0.05) is 13.1 Å². The van der Waals surface area contributed by atoms with Crippen molar-refractivity contribution in [2.24, 2.45) is 0 Å². The highest BCUT2D eigenvalue weighted by atomic mass is 35.5. The van der Waals surface area contributed by atoms with Crippen molar-refractivity contribution in [1.29, 1.82) is 0 Å². The Balaban J connectivity index is 0.00000220. The van der Waals surface area contributed by atoms with Crippen LogP contribution in [-0.4, -0.2) is 52.0 Å². The molecule has 2 rings (SSSR count). The Bertz CT molecular complexity index is 580. The van der Waals surface area contributed by atoms with Crippen LogP contribution < -0.4 is 5.32 Å². The highest BCUT2D eigenvalue weighted by molar-refractivity contribution is 7.89. The summed E-state index contributed by atoms with van der Waals surface area (Å²) in [6.45, 7) is 1.58. The van der Waals surface area contributed by atoms with Crippen molar-refractivity contribution in [2.45, 2.75) is 24.0 Å². The maximum atomic E-state index is 12.4. The Morgan fingerprint density at radius 2 is 2.00 bits per heavy atom. The number of halogens is 1. The Morgan fingerprint density at radius 1 is 1.38 bits per heavy atom. The normalized spacial score (nSPS) is 16.5. The third-order valence-corrected chi connectivity index (χ3v) is 5.21. The Hall–Kier alpha value is -1.09. The highest BCUT2D eigenvalue weighted by Gasteiger charge is 2.32. The van der Waals surface area contributed by atoms with Crippen LogP contribution in [0, 0.1) is 0 Å². The van der Waals surface area contributed by atoms with Gasteiger partial charge in [0.25, 0.3) is 10.0 Å². The molecule has 1 fully saturated rings. The summed E-state index contributed by atoms with van der Waals surface area (Å²) in [6, 6.07) is 2.52. The van der Waals surface area contributed by atoms with Crippen LogP contribution in [0.4, 0.5) is 0 Å². The van der Waals surface area contributed by atoms with Gasteiger partial charge in [-0.3, -0.25) is 0 Å². The van der Waals surface area contributed by atoms with Gasteiger partial charge in [-0.2, -0.15) is 4.31 Å². The molecule has 2 heterocycles. The van der Waals surface area contributed by atoms with Gasteiger partial charge >= 0.3 is 5.97 Å². The summed E-state index contributed by atoms with van der Waals surface area (Å²) in [6.07, 6.45) is 1.50. The van der Waals surface area contributed by atoms with Crippen molar-refractivity contribution in [2.75, 3.05) is 27.2 Å². The summed E-state index contributed by atoms with van der Waals surface area (Å²) >= 11 is 0. The van der Waals surface area contributed by atoms with Crippen molar-refractivity contribution >= 4 is 28.4 Å². The second-order valence-electron chi connectivity index (χ2n) is 4.61. The molecule has 0 aromatic carbocycles. The molecule has 0 aliphatic carbocycles. The topological polar surface area (TPSA) is 88.9 Å². The van der Waals surface area contributed by atoms with Gasteiger partial charge in [0.05, 0.1) is 7.11 Å². The predicted molar refractivity (Wildman–Crippen MR) is 78.1 cm³/mol. The first-order valence-electron chi connectivity index (χ1n) is 6.33. The molecule has 1 aromatic rings. The molecule has 0 amide bonds. The number of furan rings is 1. The van der Waals surface area contributed by atoms with E-state index in [4.69, 9.17) is 4.42 Å². The van der Waals surface area contributed by atoms with Gasteiger partial charge in [0.2, 0.25) is 10.9 Å². The van der Waals surface area contributed by atoms with Crippen molar-refractivity contribution in [1.82, 2.24) is 9.62 Å². The quantitative estimate of drug-likeness (QED) is 0.819. The van der Waals surface area contributed by atoms with E-state index in [2.05, 4.69) is 10.1 Å². The summed E-state index contributed by atoms with van der Waals surface area (Å²) in [5, 5.41) is 2.94. The molecule has 1 aliphatic heterocycles. The number of carbonyl (C=O) groups is 1. The van der Waals surface area contributed by atoms with Gasteiger partial charge < -0.3 is 14.5 Å². The number of nitrogens with zero attached hydrogens (tertiary/aromatic N) is 1. The maximum absolute atomic E-state index is 12.4. The first-order valence-corrected chi connectivity index (χ1v) is 7.77. The number of piperidine rings is 1.